The van der Waals surface area contributed by atoms with Crippen LogP contribution in [0.4, 0.5) is 0 Å². The minimum Gasteiger partial charge on any atom is -0.312 e. The van der Waals surface area contributed by atoms with Crippen LogP contribution in [0.2, 0.25) is 0 Å². The van der Waals surface area contributed by atoms with Gasteiger partial charge in [0.05, 0.1) is 0 Å². The molecule has 2 bridgehead atoms. The standard InChI is InChI=1S/C5H9NS.ClH/c1-4-3-7-5(1)2-6-4;/h4-6H,1-3H2;1H/t4-,5-;/m1./s1. The van der Waals surface area contributed by atoms with Crippen LogP contribution in [-0.4, -0.2) is 23.6 Å². The van der Waals surface area contributed by atoms with Crippen molar-refractivity contribution < 1.29 is 0 Å². The lowest BCUT2D eigenvalue weighted by atomic mass is 10.3. The van der Waals surface area contributed by atoms with Crippen LogP contribution in [0, 0.1) is 0 Å². The average Bonchev–Trinajstić information content (AvgIpc) is 2.22. The second-order valence-electron chi connectivity index (χ2n) is 2.30. The van der Waals surface area contributed by atoms with Crippen LogP contribution in [0.3, 0.4) is 0 Å². The van der Waals surface area contributed by atoms with Crippen LogP contribution in [-0.2, 0) is 0 Å². The number of rotatable bonds is 0. The summed E-state index contributed by atoms with van der Waals surface area (Å²) in [6.45, 7) is 1.27. The molecule has 8 heavy (non-hydrogen) atoms. The molecule has 0 aromatic heterocycles. The van der Waals surface area contributed by atoms with E-state index in [1.165, 1.54) is 18.7 Å². The summed E-state index contributed by atoms with van der Waals surface area (Å²) < 4.78 is 0. The molecule has 0 aliphatic carbocycles. The Morgan fingerprint density at radius 3 is 2.50 bits per heavy atom. The molecule has 3 heteroatoms. The van der Waals surface area contributed by atoms with Gasteiger partial charge in [0.15, 0.2) is 0 Å². The van der Waals surface area contributed by atoms with Gasteiger partial charge in [-0.15, -0.1) is 12.4 Å². The lowest BCUT2D eigenvalue weighted by Crippen LogP contribution is -2.26. The molecule has 2 atom stereocenters. The van der Waals surface area contributed by atoms with Gasteiger partial charge in [0.25, 0.3) is 0 Å². The van der Waals surface area contributed by atoms with Gasteiger partial charge < -0.3 is 5.32 Å². The Labute approximate surface area is 60.0 Å². The molecule has 0 aromatic carbocycles. The first-order valence-corrected chi connectivity index (χ1v) is 3.85. The van der Waals surface area contributed by atoms with E-state index in [2.05, 4.69) is 17.1 Å². The zero-order valence-corrected chi connectivity index (χ0v) is 6.23. The highest BCUT2D eigenvalue weighted by atomic mass is 35.5. The normalized spacial score (nSPS) is 42.0. The minimum absolute atomic E-state index is 0. The molecule has 48 valence electrons. The third-order valence-electron chi connectivity index (χ3n) is 1.71. The smallest absolute Gasteiger partial charge is 0.0188 e. The molecule has 0 amide bonds. The minimum atomic E-state index is 0. The van der Waals surface area contributed by atoms with Gasteiger partial charge in [-0.1, -0.05) is 0 Å². The molecule has 0 spiro atoms. The Kier molecular flexibility index (Phi) is 2.07. The Morgan fingerprint density at radius 1 is 1.50 bits per heavy atom. The van der Waals surface area contributed by atoms with Crippen LogP contribution in [0.5, 0.6) is 0 Å². The van der Waals surface area contributed by atoms with E-state index in [4.69, 9.17) is 0 Å². The fraction of sp³-hybridized carbons (Fsp3) is 1.00. The maximum atomic E-state index is 3.44. The van der Waals surface area contributed by atoms with Crippen molar-refractivity contribution in [1.29, 1.82) is 0 Å². The van der Waals surface area contributed by atoms with Gasteiger partial charge in [-0.05, 0) is 6.42 Å². The zero-order chi connectivity index (χ0) is 4.69. The monoisotopic (exact) mass is 151 g/mol. The summed E-state index contributed by atoms with van der Waals surface area (Å²) in [7, 11) is 0. The molecular formula is C5H10ClNS. The number of halogens is 1. The second kappa shape index (κ2) is 2.46. The molecule has 2 rings (SSSR count). The maximum Gasteiger partial charge on any atom is 0.0188 e. The predicted molar refractivity (Wildman–Crippen MR) is 39.9 cm³/mol. The highest BCUT2D eigenvalue weighted by molar-refractivity contribution is 8.00. The lowest BCUT2D eigenvalue weighted by Gasteiger charge is -2.08. The third kappa shape index (κ3) is 0.971. The van der Waals surface area contributed by atoms with Gasteiger partial charge in [0.1, 0.15) is 0 Å². The van der Waals surface area contributed by atoms with Crippen molar-refractivity contribution in [2.24, 2.45) is 0 Å². The molecule has 2 saturated heterocycles. The van der Waals surface area contributed by atoms with E-state index >= 15 is 0 Å². The highest BCUT2D eigenvalue weighted by Gasteiger charge is 2.30. The molecular weight excluding hydrogens is 142 g/mol. The topological polar surface area (TPSA) is 12.0 Å². The van der Waals surface area contributed by atoms with Gasteiger partial charge >= 0.3 is 0 Å². The molecule has 2 aliphatic rings. The van der Waals surface area contributed by atoms with Gasteiger partial charge in [0, 0.05) is 23.6 Å². The molecule has 2 aliphatic heterocycles. The molecule has 2 heterocycles. The SMILES string of the molecule is C1S[C@H]2CN[C@@H]1C2.Cl. The van der Waals surface area contributed by atoms with Gasteiger partial charge in [-0.3, -0.25) is 0 Å². The summed E-state index contributed by atoms with van der Waals surface area (Å²) in [5.41, 5.74) is 0. The Balaban J connectivity index is 0.000000320. The molecule has 0 aromatic rings. The van der Waals surface area contributed by atoms with Gasteiger partial charge in [0.2, 0.25) is 0 Å². The quantitative estimate of drug-likeness (QED) is 0.552. The summed E-state index contributed by atoms with van der Waals surface area (Å²) >= 11 is 2.13. The van der Waals surface area contributed by atoms with E-state index in [1.807, 2.05) is 0 Å². The fourth-order valence-electron chi connectivity index (χ4n) is 1.29. The van der Waals surface area contributed by atoms with Gasteiger partial charge in [-0.25, -0.2) is 0 Å². The van der Waals surface area contributed by atoms with E-state index in [9.17, 15) is 0 Å². The first kappa shape index (κ1) is 6.72. The van der Waals surface area contributed by atoms with Crippen LogP contribution < -0.4 is 5.32 Å². The van der Waals surface area contributed by atoms with Crippen LogP contribution in [0.1, 0.15) is 6.42 Å². The number of nitrogens with one attached hydrogen (secondary N) is 1. The van der Waals surface area contributed by atoms with E-state index in [0.717, 1.165) is 11.3 Å². The van der Waals surface area contributed by atoms with Crippen molar-refractivity contribution in [3.05, 3.63) is 0 Å². The van der Waals surface area contributed by atoms with E-state index in [0.29, 0.717) is 0 Å². The number of thioether (sulfide) groups is 1. The summed E-state index contributed by atoms with van der Waals surface area (Å²) in [4.78, 5) is 0. The molecule has 0 unspecified atom stereocenters. The largest absolute Gasteiger partial charge is 0.312 e. The van der Waals surface area contributed by atoms with Crippen molar-refractivity contribution >= 4 is 24.2 Å². The molecule has 0 saturated carbocycles. The summed E-state index contributed by atoms with van der Waals surface area (Å²) in [5.74, 6) is 1.37. The molecule has 0 radical (unpaired) electrons. The number of hydrogen-bond donors (Lipinski definition) is 1. The van der Waals surface area contributed by atoms with E-state index in [-0.39, 0.29) is 12.4 Å². The van der Waals surface area contributed by atoms with Crippen LogP contribution >= 0.6 is 24.2 Å². The Hall–Kier alpha value is 0.600. The van der Waals surface area contributed by atoms with Gasteiger partial charge in [-0.2, -0.15) is 11.8 Å². The lowest BCUT2D eigenvalue weighted by molar-refractivity contribution is 0.679. The Bertz CT molecular complexity index is 70.5. The number of hydrogen-bond acceptors (Lipinski definition) is 2. The van der Waals surface area contributed by atoms with E-state index < -0.39 is 0 Å². The first-order valence-electron chi connectivity index (χ1n) is 2.80. The van der Waals surface area contributed by atoms with Crippen molar-refractivity contribution in [1.82, 2.24) is 5.32 Å². The average molecular weight is 152 g/mol. The maximum absolute atomic E-state index is 3.44. The second-order valence-corrected chi connectivity index (χ2v) is 3.63. The van der Waals surface area contributed by atoms with Crippen molar-refractivity contribution in [3.8, 4) is 0 Å². The highest BCUT2D eigenvalue weighted by Crippen LogP contribution is 2.30. The summed E-state index contributed by atoms with van der Waals surface area (Å²) in [5, 5.41) is 4.41. The predicted octanol–water partition coefficient (Wildman–Crippen LogP) is 0.885. The first-order chi connectivity index (χ1) is 3.45. The summed E-state index contributed by atoms with van der Waals surface area (Å²) in [6, 6.07) is 0.884. The van der Waals surface area contributed by atoms with Crippen molar-refractivity contribution in [2.45, 2.75) is 17.7 Å². The van der Waals surface area contributed by atoms with Crippen LogP contribution in [0.25, 0.3) is 0 Å². The van der Waals surface area contributed by atoms with Crippen LogP contribution in [0.15, 0.2) is 0 Å². The fourth-order valence-corrected chi connectivity index (χ4v) is 2.63. The van der Waals surface area contributed by atoms with Crippen molar-refractivity contribution in [2.75, 3.05) is 12.3 Å². The zero-order valence-electron chi connectivity index (χ0n) is 4.59. The van der Waals surface area contributed by atoms with Crippen molar-refractivity contribution in [3.63, 3.8) is 0 Å². The molecule has 1 N–H and O–H groups in total. The molecule has 1 nitrogen and oxygen atoms in total. The molecule has 2 fully saturated rings. The summed E-state index contributed by atoms with van der Waals surface area (Å²) in [6.07, 6.45) is 1.44. The number of fused-ring (bicyclic) bond motifs is 2. The Morgan fingerprint density at radius 2 is 2.38 bits per heavy atom. The third-order valence-corrected chi connectivity index (χ3v) is 3.14. The van der Waals surface area contributed by atoms with E-state index in [1.54, 1.807) is 0 Å².